The van der Waals surface area contributed by atoms with Gasteiger partial charge in [-0.3, -0.25) is 14.9 Å². The van der Waals surface area contributed by atoms with E-state index in [1.165, 1.54) is 12.4 Å². The van der Waals surface area contributed by atoms with Gasteiger partial charge in [0.1, 0.15) is 17.7 Å². The Balaban J connectivity index is 1.31. The minimum Gasteiger partial charge on any atom is -0.423 e. The molecule has 0 saturated carbocycles. The van der Waals surface area contributed by atoms with E-state index in [1.807, 2.05) is 48.5 Å². The number of nitrogens with one attached hydrogen (secondary N) is 1. The average molecular weight is 495 g/mol. The summed E-state index contributed by atoms with van der Waals surface area (Å²) in [5.41, 5.74) is 9.74. The van der Waals surface area contributed by atoms with E-state index in [1.54, 1.807) is 9.58 Å². The first kappa shape index (κ1) is 22.4. The molecule has 2 aromatic carbocycles. The Morgan fingerprint density at radius 2 is 1.97 bits per heavy atom. The van der Waals surface area contributed by atoms with Gasteiger partial charge >= 0.3 is 6.01 Å². The highest BCUT2D eigenvalue weighted by atomic mass is 16.4. The highest BCUT2D eigenvalue weighted by Crippen LogP contribution is 2.30. The number of oxazole rings is 1. The molecule has 184 valence electrons. The highest BCUT2D eigenvalue weighted by molar-refractivity contribution is 6.12. The summed E-state index contributed by atoms with van der Waals surface area (Å²) in [6.07, 6.45) is 3.26. The number of aromatic nitrogens is 5. The molecular formula is C26H22N8O3. The Morgan fingerprint density at radius 1 is 1.14 bits per heavy atom. The standard InChI is InChI=1S/C26H22N8O3/c1-2-20(35)33-11-10-17(13-33)34-24-21(23(27)28-14-29-24)22(32-34)25(36)31-26-30-18-9-8-16(12-19(18)37-26)15-6-4-3-5-7-15/h2-9,12,14,17H,1,10-11,13H2,(H2,27,28,29)(H,30,31,36)/t17-/m1/s1. The maximum absolute atomic E-state index is 13.3. The summed E-state index contributed by atoms with van der Waals surface area (Å²) in [6.45, 7) is 4.52. The second-order valence-corrected chi connectivity index (χ2v) is 8.70. The van der Waals surface area contributed by atoms with Gasteiger partial charge in [0.05, 0.1) is 11.4 Å². The van der Waals surface area contributed by atoms with Gasteiger partial charge in [-0.05, 0) is 35.8 Å². The molecule has 0 aliphatic carbocycles. The number of anilines is 2. The van der Waals surface area contributed by atoms with E-state index >= 15 is 0 Å². The number of nitrogen functional groups attached to an aromatic ring is 1. The number of carbonyl (C=O) groups excluding carboxylic acids is 2. The van der Waals surface area contributed by atoms with E-state index in [0.717, 1.165) is 11.1 Å². The number of amides is 2. The van der Waals surface area contributed by atoms with Crippen molar-refractivity contribution < 1.29 is 14.0 Å². The zero-order chi connectivity index (χ0) is 25.5. The van der Waals surface area contributed by atoms with Crippen LogP contribution in [-0.4, -0.2) is 54.5 Å². The van der Waals surface area contributed by atoms with E-state index in [0.29, 0.717) is 41.6 Å². The van der Waals surface area contributed by atoms with Crippen LogP contribution in [0.1, 0.15) is 23.0 Å². The molecule has 2 amide bonds. The molecule has 6 rings (SSSR count). The molecule has 0 unspecified atom stereocenters. The summed E-state index contributed by atoms with van der Waals surface area (Å²) in [4.78, 5) is 39.8. The van der Waals surface area contributed by atoms with Crippen LogP contribution in [0.3, 0.4) is 0 Å². The third kappa shape index (κ3) is 3.96. The molecule has 37 heavy (non-hydrogen) atoms. The van der Waals surface area contributed by atoms with Crippen molar-refractivity contribution >= 4 is 45.8 Å². The van der Waals surface area contributed by atoms with Crippen molar-refractivity contribution in [2.45, 2.75) is 12.5 Å². The molecule has 0 radical (unpaired) electrons. The molecule has 11 heteroatoms. The molecule has 4 heterocycles. The molecule has 3 N–H and O–H groups in total. The van der Waals surface area contributed by atoms with Crippen LogP contribution in [0.5, 0.6) is 0 Å². The minimum absolute atomic E-state index is 0.0342. The van der Waals surface area contributed by atoms with Crippen molar-refractivity contribution in [1.82, 2.24) is 29.6 Å². The second-order valence-electron chi connectivity index (χ2n) is 8.70. The summed E-state index contributed by atoms with van der Waals surface area (Å²) < 4.78 is 7.47. The molecule has 11 nitrogen and oxygen atoms in total. The van der Waals surface area contributed by atoms with Gasteiger partial charge in [0.2, 0.25) is 5.91 Å². The molecule has 1 fully saturated rings. The van der Waals surface area contributed by atoms with Gasteiger partial charge < -0.3 is 15.1 Å². The average Bonchev–Trinajstić information content (AvgIpc) is 3.65. The Morgan fingerprint density at radius 3 is 2.78 bits per heavy atom. The quantitative estimate of drug-likeness (QED) is 0.354. The fraction of sp³-hybridized carbons (Fsp3) is 0.154. The van der Waals surface area contributed by atoms with Crippen LogP contribution >= 0.6 is 0 Å². The Kier molecular flexibility index (Phi) is 5.37. The SMILES string of the molecule is C=CC(=O)N1CC[C@@H](n2nc(C(=O)Nc3nc4ccc(-c5ccccc5)cc4o3)c3c(N)ncnc32)C1. The van der Waals surface area contributed by atoms with Crippen molar-refractivity contribution in [2.24, 2.45) is 0 Å². The molecule has 1 aliphatic rings. The van der Waals surface area contributed by atoms with E-state index in [-0.39, 0.29) is 29.5 Å². The van der Waals surface area contributed by atoms with Crippen LogP contribution in [0.2, 0.25) is 0 Å². The Bertz CT molecular complexity index is 1670. The number of carbonyl (C=O) groups is 2. The van der Waals surface area contributed by atoms with Gasteiger partial charge in [-0.15, -0.1) is 0 Å². The number of rotatable bonds is 5. The summed E-state index contributed by atoms with van der Waals surface area (Å²) in [5, 5.41) is 7.56. The van der Waals surface area contributed by atoms with Crippen LogP contribution < -0.4 is 11.1 Å². The van der Waals surface area contributed by atoms with Crippen molar-refractivity contribution in [3.63, 3.8) is 0 Å². The van der Waals surface area contributed by atoms with Crippen molar-refractivity contribution in [3.8, 4) is 11.1 Å². The maximum atomic E-state index is 13.3. The van der Waals surface area contributed by atoms with E-state index < -0.39 is 5.91 Å². The Hall–Kier alpha value is -5.06. The van der Waals surface area contributed by atoms with Gasteiger partial charge in [-0.1, -0.05) is 43.0 Å². The van der Waals surface area contributed by atoms with E-state index in [9.17, 15) is 9.59 Å². The molecule has 1 aliphatic heterocycles. The summed E-state index contributed by atoms with van der Waals surface area (Å²) in [5.74, 6) is -0.585. The number of hydrogen-bond acceptors (Lipinski definition) is 8. The normalized spacial score (nSPS) is 15.4. The summed E-state index contributed by atoms with van der Waals surface area (Å²) in [7, 11) is 0. The van der Waals surface area contributed by atoms with Crippen molar-refractivity contribution in [1.29, 1.82) is 0 Å². The van der Waals surface area contributed by atoms with Gasteiger partial charge in [0.15, 0.2) is 16.9 Å². The topological polar surface area (TPSA) is 145 Å². The smallest absolute Gasteiger partial charge is 0.302 e. The lowest BCUT2D eigenvalue weighted by molar-refractivity contribution is -0.125. The highest BCUT2D eigenvalue weighted by Gasteiger charge is 2.31. The molecular weight excluding hydrogens is 472 g/mol. The first-order valence-corrected chi connectivity index (χ1v) is 11.7. The molecule has 0 spiro atoms. The summed E-state index contributed by atoms with van der Waals surface area (Å²) in [6, 6.07) is 15.4. The maximum Gasteiger partial charge on any atom is 0.302 e. The van der Waals surface area contributed by atoms with Crippen LogP contribution in [0.4, 0.5) is 11.8 Å². The number of likely N-dealkylation sites (tertiary alicyclic amines) is 1. The number of nitrogens with zero attached hydrogens (tertiary/aromatic N) is 6. The first-order valence-electron chi connectivity index (χ1n) is 11.7. The molecule has 5 aromatic rings. The fourth-order valence-electron chi connectivity index (χ4n) is 4.62. The monoisotopic (exact) mass is 494 g/mol. The van der Waals surface area contributed by atoms with E-state index in [4.69, 9.17) is 10.2 Å². The van der Waals surface area contributed by atoms with Gasteiger partial charge in [0.25, 0.3) is 5.91 Å². The predicted molar refractivity (Wildman–Crippen MR) is 138 cm³/mol. The lowest BCUT2D eigenvalue weighted by atomic mass is 10.1. The molecule has 3 aromatic heterocycles. The number of nitrogens with two attached hydrogens (primary N) is 1. The van der Waals surface area contributed by atoms with Gasteiger partial charge in [-0.2, -0.15) is 10.1 Å². The third-order valence-corrected chi connectivity index (χ3v) is 6.44. The van der Waals surface area contributed by atoms with Crippen molar-refractivity contribution in [2.75, 3.05) is 24.1 Å². The van der Waals surface area contributed by atoms with Crippen molar-refractivity contribution in [3.05, 3.63) is 73.2 Å². The predicted octanol–water partition coefficient (Wildman–Crippen LogP) is 3.43. The van der Waals surface area contributed by atoms with Crippen LogP contribution in [-0.2, 0) is 4.79 Å². The van der Waals surface area contributed by atoms with Crippen LogP contribution in [0.25, 0.3) is 33.3 Å². The number of hydrogen-bond donors (Lipinski definition) is 2. The fourth-order valence-corrected chi connectivity index (χ4v) is 4.62. The lowest BCUT2D eigenvalue weighted by Gasteiger charge is -2.14. The number of fused-ring (bicyclic) bond motifs is 2. The first-order chi connectivity index (χ1) is 18.0. The molecule has 0 bridgehead atoms. The third-order valence-electron chi connectivity index (χ3n) is 6.44. The molecule has 1 atom stereocenters. The van der Waals surface area contributed by atoms with Crippen LogP contribution in [0, 0.1) is 0 Å². The minimum atomic E-state index is -0.558. The second kappa shape index (κ2) is 8.86. The number of benzene rings is 2. The zero-order valence-corrected chi connectivity index (χ0v) is 19.7. The lowest BCUT2D eigenvalue weighted by Crippen LogP contribution is -2.27. The Labute approximate surface area is 210 Å². The molecule has 1 saturated heterocycles. The van der Waals surface area contributed by atoms with Gasteiger partial charge in [-0.25, -0.2) is 14.6 Å². The zero-order valence-electron chi connectivity index (χ0n) is 19.7. The van der Waals surface area contributed by atoms with Gasteiger partial charge in [0, 0.05) is 13.1 Å². The largest absolute Gasteiger partial charge is 0.423 e. The van der Waals surface area contributed by atoms with E-state index in [2.05, 4.69) is 31.9 Å². The van der Waals surface area contributed by atoms with Crippen LogP contribution in [0.15, 0.2) is 71.9 Å². The summed E-state index contributed by atoms with van der Waals surface area (Å²) >= 11 is 0.